The average Bonchev–Trinajstić information content (AvgIpc) is 2.48. The second kappa shape index (κ2) is 7.88. The van der Waals surface area contributed by atoms with Crippen LogP contribution in [0.1, 0.15) is 13.8 Å². The molecule has 0 aliphatic rings. The monoisotopic (exact) mass is 268 g/mol. The Morgan fingerprint density at radius 3 is 2.64 bits per heavy atom. The second-order valence-corrected chi connectivity index (χ2v) is 1.92. The minimum atomic E-state index is -0.339. The molecule has 0 bridgehead atoms. The summed E-state index contributed by atoms with van der Waals surface area (Å²) in [4.78, 5) is 20.6. The van der Waals surface area contributed by atoms with Gasteiger partial charge in [-0.3, -0.25) is 4.79 Å². The number of imidazole rings is 1. The number of H-pyrrole nitrogens is 1. The fourth-order valence-electron chi connectivity index (χ4n) is 0.823. The molecule has 1 radical (unpaired) electrons. The van der Waals surface area contributed by atoms with Crippen molar-refractivity contribution in [2.24, 2.45) is 0 Å². The van der Waals surface area contributed by atoms with Gasteiger partial charge in [0.25, 0.3) is 0 Å². The quantitative estimate of drug-likeness (QED) is 0.734. The molecule has 2 heterocycles. The molecule has 0 atom stereocenters. The number of aromatic nitrogens is 3. The Bertz CT molecular complexity index is 371. The molecule has 1 N–H and O–H groups in total. The van der Waals surface area contributed by atoms with Crippen LogP contribution in [0.25, 0.3) is 11.2 Å². The first-order chi connectivity index (χ1) is 5.86. The minimum absolute atomic E-state index is 0. The number of nitrogens with zero attached hydrogens (tertiary/aromatic N) is 2. The summed E-state index contributed by atoms with van der Waals surface area (Å²) in [6, 6.07) is 3.51. The number of aromatic amines is 1. The molecule has 0 aliphatic heterocycles. The molecule has 0 aliphatic carbocycles. The summed E-state index contributed by atoms with van der Waals surface area (Å²) in [7, 11) is 0. The van der Waals surface area contributed by atoms with Gasteiger partial charge in [-0.05, 0) is 11.7 Å². The maximum atomic E-state index is 10.6. The van der Waals surface area contributed by atoms with Crippen LogP contribution in [0.2, 0.25) is 0 Å². The van der Waals surface area contributed by atoms with Crippen molar-refractivity contribution in [1.82, 2.24) is 15.0 Å². The van der Waals surface area contributed by atoms with E-state index in [0.717, 1.165) is 0 Å². The summed E-state index contributed by atoms with van der Waals surface area (Å²) in [6.07, 6.45) is 1.60. The van der Waals surface area contributed by atoms with Gasteiger partial charge in [0.05, 0.1) is 0 Å². The van der Waals surface area contributed by atoms with Crippen LogP contribution in [-0.4, -0.2) is 9.97 Å². The SMILES string of the molecule is CC.O=c1[n-]c2ncccc2[nH]1.[CH3-].[Y]. The van der Waals surface area contributed by atoms with Gasteiger partial charge in [-0.2, -0.15) is 0 Å². The molecule has 5 heteroatoms. The summed E-state index contributed by atoms with van der Waals surface area (Å²) < 4.78 is 0. The van der Waals surface area contributed by atoms with E-state index in [2.05, 4.69) is 15.0 Å². The van der Waals surface area contributed by atoms with Crippen molar-refractivity contribution in [3.63, 3.8) is 0 Å². The number of nitrogens with one attached hydrogen (secondary N) is 1. The van der Waals surface area contributed by atoms with E-state index in [1.54, 1.807) is 18.3 Å². The molecule has 2 rings (SSSR count). The van der Waals surface area contributed by atoms with Crippen LogP contribution in [0.3, 0.4) is 0 Å². The number of pyridine rings is 1. The summed E-state index contributed by atoms with van der Waals surface area (Å²) >= 11 is 0. The van der Waals surface area contributed by atoms with Crippen LogP contribution >= 0.6 is 0 Å². The van der Waals surface area contributed by atoms with Gasteiger partial charge in [0.15, 0.2) is 0 Å². The molecule has 0 saturated heterocycles. The van der Waals surface area contributed by atoms with Crippen LogP contribution in [-0.2, 0) is 32.7 Å². The van der Waals surface area contributed by atoms with Crippen LogP contribution in [0.15, 0.2) is 23.1 Å². The van der Waals surface area contributed by atoms with E-state index >= 15 is 0 Å². The van der Waals surface area contributed by atoms with Gasteiger partial charge in [-0.25, -0.2) is 0 Å². The Morgan fingerprint density at radius 1 is 1.43 bits per heavy atom. The number of hydrogen-bond acceptors (Lipinski definition) is 2. The zero-order valence-electron chi connectivity index (χ0n) is 8.61. The van der Waals surface area contributed by atoms with Crippen LogP contribution < -0.4 is 10.7 Å². The van der Waals surface area contributed by atoms with E-state index in [1.807, 2.05) is 13.8 Å². The van der Waals surface area contributed by atoms with Gasteiger partial charge in [0, 0.05) is 38.4 Å². The third-order valence-electron chi connectivity index (χ3n) is 1.24. The van der Waals surface area contributed by atoms with Crippen LogP contribution in [0, 0.1) is 7.43 Å². The molecule has 0 aromatic carbocycles. The van der Waals surface area contributed by atoms with Crippen molar-refractivity contribution >= 4 is 11.2 Å². The van der Waals surface area contributed by atoms with Crippen LogP contribution in [0.5, 0.6) is 0 Å². The molecule has 75 valence electrons. The summed E-state index contributed by atoms with van der Waals surface area (Å²) in [5, 5.41) is 0. The Balaban J connectivity index is 0. The van der Waals surface area contributed by atoms with Crippen molar-refractivity contribution in [1.29, 1.82) is 0 Å². The predicted molar refractivity (Wildman–Crippen MR) is 53.4 cm³/mol. The summed E-state index contributed by atoms with van der Waals surface area (Å²) in [6.45, 7) is 4.00. The molecule has 0 spiro atoms. The molecule has 0 unspecified atom stereocenters. The van der Waals surface area contributed by atoms with E-state index in [0.29, 0.717) is 11.2 Å². The molecule has 0 saturated carbocycles. The number of fused-ring (bicyclic) bond motifs is 1. The molecule has 4 nitrogen and oxygen atoms in total. The maximum Gasteiger partial charge on any atom is 0.220 e. The average molecular weight is 268 g/mol. The van der Waals surface area contributed by atoms with E-state index in [-0.39, 0.29) is 45.8 Å². The van der Waals surface area contributed by atoms with E-state index in [9.17, 15) is 4.79 Å². The normalized spacial score (nSPS) is 7.86. The van der Waals surface area contributed by atoms with Crippen molar-refractivity contribution in [3.8, 4) is 0 Å². The first-order valence-corrected chi connectivity index (χ1v) is 3.84. The third kappa shape index (κ3) is 3.72. The smallest absolute Gasteiger partial charge is 0.220 e. The van der Waals surface area contributed by atoms with Crippen molar-refractivity contribution < 1.29 is 32.7 Å². The molecule has 2 aromatic rings. The topological polar surface area (TPSA) is 59.9 Å². The van der Waals surface area contributed by atoms with E-state index in [1.165, 1.54) is 0 Å². The number of rotatable bonds is 0. The molecule has 2 aromatic heterocycles. The van der Waals surface area contributed by atoms with Crippen molar-refractivity contribution in [2.45, 2.75) is 13.8 Å². The molecule has 0 amide bonds. The van der Waals surface area contributed by atoms with Gasteiger partial charge in [-0.15, -0.1) is 0 Å². The molecule has 0 fully saturated rings. The van der Waals surface area contributed by atoms with Crippen molar-refractivity contribution in [2.75, 3.05) is 0 Å². The minimum Gasteiger partial charge on any atom is -0.380 e. The van der Waals surface area contributed by atoms with E-state index in [4.69, 9.17) is 0 Å². The second-order valence-electron chi connectivity index (χ2n) is 1.92. The Kier molecular flexibility index (Phi) is 9.00. The first-order valence-electron chi connectivity index (χ1n) is 3.84. The zero-order chi connectivity index (χ0) is 8.97. The maximum absolute atomic E-state index is 10.6. The fourth-order valence-corrected chi connectivity index (χ4v) is 0.823. The first kappa shape index (κ1) is 16.0. The number of hydrogen-bond donors (Lipinski definition) is 1. The van der Waals surface area contributed by atoms with Gasteiger partial charge in [0.2, 0.25) is 5.69 Å². The van der Waals surface area contributed by atoms with Crippen LogP contribution in [0.4, 0.5) is 0 Å². The van der Waals surface area contributed by atoms with Gasteiger partial charge in [0.1, 0.15) is 0 Å². The zero-order valence-corrected chi connectivity index (χ0v) is 11.5. The molecular weight excluding hydrogens is 255 g/mol. The summed E-state index contributed by atoms with van der Waals surface area (Å²) in [5.41, 5.74) is 0.828. The summed E-state index contributed by atoms with van der Waals surface area (Å²) in [5.74, 6) is 0. The van der Waals surface area contributed by atoms with Gasteiger partial charge < -0.3 is 22.4 Å². The van der Waals surface area contributed by atoms with Gasteiger partial charge in [-0.1, -0.05) is 26.0 Å². The predicted octanol–water partition coefficient (Wildman–Crippen LogP) is 1.35. The van der Waals surface area contributed by atoms with Crippen molar-refractivity contribution in [3.05, 3.63) is 36.2 Å². The Hall–Kier alpha value is -0.476. The van der Waals surface area contributed by atoms with E-state index < -0.39 is 0 Å². The molecular formula is C9H13N3OY-2. The standard InChI is InChI=1S/C6H5N3O.C2H6.CH3.Y/c10-6-8-4-2-1-3-7-5(4)9-6;1-2;;/h1-3H,(H2,7,8,9,10);1-2H3;1H3;/q;;-1;/p-1. The molecule has 14 heavy (non-hydrogen) atoms. The third-order valence-corrected chi connectivity index (χ3v) is 1.24. The Labute approximate surface area is 108 Å². The largest absolute Gasteiger partial charge is 0.380 e. The van der Waals surface area contributed by atoms with Gasteiger partial charge >= 0.3 is 0 Å². The Morgan fingerprint density at radius 2 is 2.07 bits per heavy atom. The fraction of sp³-hybridized carbons (Fsp3) is 0.222.